The molecule has 2 aromatic carbocycles. The van der Waals surface area contributed by atoms with Crippen LogP contribution in [0.5, 0.6) is 0 Å². The summed E-state index contributed by atoms with van der Waals surface area (Å²) in [7, 11) is 0. The van der Waals surface area contributed by atoms with Gasteiger partial charge in [0.05, 0.1) is 11.7 Å². The third kappa shape index (κ3) is 4.81. The summed E-state index contributed by atoms with van der Waals surface area (Å²) in [6.45, 7) is 3.94. The molecule has 148 valence electrons. The maximum Gasteiger partial charge on any atom is 0.251 e. The SMILES string of the molecule is O=C(NCC1CCC2(CCN(CCc3ccccc3)CC2)O1)c1ccccc1. The van der Waals surface area contributed by atoms with Crippen LogP contribution in [0.2, 0.25) is 0 Å². The minimum absolute atomic E-state index is 0.0131. The Balaban J connectivity index is 1.19. The minimum Gasteiger partial charge on any atom is -0.370 e. The molecule has 4 rings (SSSR count). The van der Waals surface area contributed by atoms with Gasteiger partial charge in [0.25, 0.3) is 5.91 Å². The number of likely N-dealkylation sites (tertiary alicyclic amines) is 1. The van der Waals surface area contributed by atoms with Crippen LogP contribution in [-0.4, -0.2) is 48.7 Å². The van der Waals surface area contributed by atoms with Crippen molar-refractivity contribution in [2.24, 2.45) is 0 Å². The third-order valence-electron chi connectivity index (χ3n) is 6.19. The van der Waals surface area contributed by atoms with E-state index in [1.54, 1.807) is 0 Å². The largest absolute Gasteiger partial charge is 0.370 e. The number of ether oxygens (including phenoxy) is 1. The molecule has 0 aliphatic carbocycles. The van der Waals surface area contributed by atoms with Gasteiger partial charge in [0.1, 0.15) is 0 Å². The van der Waals surface area contributed by atoms with Crippen molar-refractivity contribution in [3.05, 3.63) is 71.8 Å². The van der Waals surface area contributed by atoms with Gasteiger partial charge in [0.15, 0.2) is 0 Å². The fraction of sp³-hybridized carbons (Fsp3) is 0.458. The summed E-state index contributed by atoms with van der Waals surface area (Å²) in [5.41, 5.74) is 2.15. The zero-order valence-electron chi connectivity index (χ0n) is 16.5. The number of hydrogen-bond donors (Lipinski definition) is 1. The number of amides is 1. The van der Waals surface area contributed by atoms with Gasteiger partial charge in [-0.05, 0) is 49.8 Å². The third-order valence-corrected chi connectivity index (χ3v) is 6.19. The number of nitrogens with one attached hydrogen (secondary N) is 1. The molecule has 4 heteroatoms. The Morgan fingerprint density at radius 2 is 1.68 bits per heavy atom. The molecule has 1 atom stereocenters. The molecule has 1 spiro atoms. The van der Waals surface area contributed by atoms with Gasteiger partial charge in [-0.25, -0.2) is 0 Å². The van der Waals surface area contributed by atoms with E-state index in [4.69, 9.17) is 4.74 Å². The van der Waals surface area contributed by atoms with Crippen LogP contribution < -0.4 is 5.32 Å². The second-order valence-electron chi connectivity index (χ2n) is 8.11. The van der Waals surface area contributed by atoms with Crippen molar-refractivity contribution in [2.45, 2.75) is 43.8 Å². The van der Waals surface area contributed by atoms with Crippen molar-refractivity contribution in [3.8, 4) is 0 Å². The highest BCUT2D eigenvalue weighted by molar-refractivity contribution is 5.94. The van der Waals surface area contributed by atoms with Gasteiger partial charge in [-0.3, -0.25) is 4.79 Å². The predicted molar refractivity (Wildman–Crippen MR) is 111 cm³/mol. The van der Waals surface area contributed by atoms with Gasteiger partial charge in [-0.1, -0.05) is 48.5 Å². The fourth-order valence-electron chi connectivity index (χ4n) is 4.42. The first kappa shape index (κ1) is 19.2. The smallest absolute Gasteiger partial charge is 0.251 e. The van der Waals surface area contributed by atoms with Crippen LogP contribution in [0.3, 0.4) is 0 Å². The molecule has 4 nitrogen and oxygen atoms in total. The van der Waals surface area contributed by atoms with E-state index in [1.165, 1.54) is 5.56 Å². The van der Waals surface area contributed by atoms with E-state index in [0.717, 1.165) is 51.7 Å². The molecule has 1 amide bonds. The van der Waals surface area contributed by atoms with Gasteiger partial charge >= 0.3 is 0 Å². The molecule has 2 fully saturated rings. The summed E-state index contributed by atoms with van der Waals surface area (Å²) in [6, 6.07) is 20.1. The van der Waals surface area contributed by atoms with E-state index in [0.29, 0.717) is 12.1 Å². The molecule has 0 aromatic heterocycles. The number of piperidine rings is 1. The Morgan fingerprint density at radius 3 is 2.39 bits per heavy atom. The van der Waals surface area contributed by atoms with Crippen LogP contribution in [0.25, 0.3) is 0 Å². The zero-order chi connectivity index (χ0) is 19.2. The van der Waals surface area contributed by atoms with Crippen molar-refractivity contribution < 1.29 is 9.53 Å². The Hall–Kier alpha value is -2.17. The minimum atomic E-state index is -0.0131. The maximum atomic E-state index is 12.2. The molecule has 1 N–H and O–H groups in total. The van der Waals surface area contributed by atoms with Crippen molar-refractivity contribution in [1.82, 2.24) is 10.2 Å². The molecular weight excluding hydrogens is 348 g/mol. The highest BCUT2D eigenvalue weighted by Gasteiger charge is 2.42. The normalized spacial score (nSPS) is 21.6. The molecule has 0 radical (unpaired) electrons. The van der Waals surface area contributed by atoms with Gasteiger partial charge in [0, 0.05) is 31.7 Å². The topological polar surface area (TPSA) is 41.6 Å². The van der Waals surface area contributed by atoms with Gasteiger partial charge < -0.3 is 15.0 Å². The molecule has 0 saturated carbocycles. The van der Waals surface area contributed by atoms with Crippen molar-refractivity contribution in [1.29, 1.82) is 0 Å². The summed E-state index contributed by atoms with van der Waals surface area (Å²) in [6.07, 6.45) is 5.62. The average Bonchev–Trinajstić information content (AvgIpc) is 3.15. The van der Waals surface area contributed by atoms with E-state index in [9.17, 15) is 4.79 Å². The van der Waals surface area contributed by atoms with Gasteiger partial charge in [-0.2, -0.15) is 0 Å². The van der Waals surface area contributed by atoms with Crippen molar-refractivity contribution in [2.75, 3.05) is 26.2 Å². The number of carbonyl (C=O) groups excluding carboxylic acids is 1. The molecule has 1 unspecified atom stereocenters. The lowest BCUT2D eigenvalue weighted by Crippen LogP contribution is -2.45. The van der Waals surface area contributed by atoms with Gasteiger partial charge in [0.2, 0.25) is 0 Å². The van der Waals surface area contributed by atoms with Crippen LogP contribution in [0.15, 0.2) is 60.7 Å². The molecule has 2 aromatic rings. The van der Waals surface area contributed by atoms with Crippen LogP contribution in [0.4, 0.5) is 0 Å². The first-order valence-electron chi connectivity index (χ1n) is 10.5. The van der Waals surface area contributed by atoms with Crippen LogP contribution in [0.1, 0.15) is 41.6 Å². The zero-order valence-corrected chi connectivity index (χ0v) is 16.5. The molecular formula is C24H30N2O2. The summed E-state index contributed by atoms with van der Waals surface area (Å²) >= 11 is 0. The number of nitrogens with zero attached hydrogens (tertiary/aromatic N) is 1. The quantitative estimate of drug-likeness (QED) is 0.834. The standard InChI is InChI=1S/C24H30N2O2/c27-23(21-9-5-2-6-10-21)25-19-22-11-13-24(28-22)14-17-26(18-15-24)16-12-20-7-3-1-4-8-20/h1-10,22H,11-19H2,(H,25,27). The number of rotatable bonds is 6. The summed E-state index contributed by atoms with van der Waals surface area (Å²) in [5.74, 6) is -0.0131. The first-order chi connectivity index (χ1) is 13.7. The molecule has 2 saturated heterocycles. The Bertz CT molecular complexity index is 755. The van der Waals surface area contributed by atoms with E-state index < -0.39 is 0 Å². The van der Waals surface area contributed by atoms with Crippen LogP contribution in [-0.2, 0) is 11.2 Å². The Morgan fingerprint density at radius 1 is 1.00 bits per heavy atom. The molecule has 28 heavy (non-hydrogen) atoms. The molecule has 2 aliphatic heterocycles. The predicted octanol–water partition coefficient (Wildman–Crippen LogP) is 3.67. The Labute approximate surface area is 167 Å². The summed E-state index contributed by atoms with van der Waals surface area (Å²) in [4.78, 5) is 14.8. The van der Waals surface area contributed by atoms with Crippen LogP contribution in [0, 0.1) is 0 Å². The fourth-order valence-corrected chi connectivity index (χ4v) is 4.42. The molecule has 2 heterocycles. The number of hydrogen-bond acceptors (Lipinski definition) is 3. The number of benzene rings is 2. The molecule has 0 bridgehead atoms. The Kier molecular flexibility index (Phi) is 6.08. The average molecular weight is 379 g/mol. The highest BCUT2D eigenvalue weighted by atomic mass is 16.5. The van der Waals surface area contributed by atoms with Crippen molar-refractivity contribution in [3.63, 3.8) is 0 Å². The second kappa shape index (κ2) is 8.89. The van der Waals surface area contributed by atoms with Gasteiger partial charge in [-0.15, -0.1) is 0 Å². The van der Waals surface area contributed by atoms with E-state index in [2.05, 4.69) is 40.5 Å². The summed E-state index contributed by atoms with van der Waals surface area (Å²) in [5, 5.41) is 3.04. The van der Waals surface area contributed by atoms with Crippen LogP contribution >= 0.6 is 0 Å². The number of carbonyl (C=O) groups is 1. The lowest BCUT2D eigenvalue weighted by Gasteiger charge is -2.39. The van der Waals surface area contributed by atoms with E-state index in [-0.39, 0.29) is 17.6 Å². The van der Waals surface area contributed by atoms with Crippen molar-refractivity contribution >= 4 is 5.91 Å². The lowest BCUT2D eigenvalue weighted by molar-refractivity contribution is -0.0752. The second-order valence-corrected chi connectivity index (χ2v) is 8.11. The first-order valence-corrected chi connectivity index (χ1v) is 10.5. The molecule has 2 aliphatic rings. The lowest BCUT2D eigenvalue weighted by atomic mass is 9.88. The summed E-state index contributed by atoms with van der Waals surface area (Å²) < 4.78 is 6.45. The van der Waals surface area contributed by atoms with E-state index in [1.807, 2.05) is 30.3 Å². The highest BCUT2D eigenvalue weighted by Crippen LogP contribution is 2.38. The van der Waals surface area contributed by atoms with E-state index >= 15 is 0 Å². The monoisotopic (exact) mass is 378 g/mol. The maximum absolute atomic E-state index is 12.2.